The fourth-order valence-electron chi connectivity index (χ4n) is 3.81. The Labute approximate surface area is 156 Å². The van der Waals surface area contributed by atoms with Crippen molar-refractivity contribution in [1.29, 1.82) is 0 Å². The molecule has 2 aromatic rings. The second kappa shape index (κ2) is 8.56. The first-order valence-electron chi connectivity index (χ1n) is 9.56. The molecule has 4 heteroatoms. The number of nitrogens with one attached hydrogen (secondary N) is 2. The van der Waals surface area contributed by atoms with Crippen LogP contribution in [0.15, 0.2) is 36.4 Å². The summed E-state index contributed by atoms with van der Waals surface area (Å²) < 4.78 is 0. The summed E-state index contributed by atoms with van der Waals surface area (Å²) in [5.41, 5.74) is 4.22. The lowest BCUT2D eigenvalue weighted by molar-refractivity contribution is 0.279. The van der Waals surface area contributed by atoms with Gasteiger partial charge < -0.3 is 20.8 Å². The van der Waals surface area contributed by atoms with E-state index in [-0.39, 0.29) is 0 Å². The smallest absolute Gasteiger partial charge is 0.120 e. The van der Waals surface area contributed by atoms with Crippen LogP contribution in [0, 0.1) is 13.8 Å². The number of phenolic OH excluding ortho intramolecular Hbond substituents is 2. The van der Waals surface area contributed by atoms with Crippen LogP contribution in [0.1, 0.15) is 47.9 Å². The zero-order chi connectivity index (χ0) is 18.5. The van der Waals surface area contributed by atoms with Gasteiger partial charge in [-0.25, -0.2) is 0 Å². The van der Waals surface area contributed by atoms with Gasteiger partial charge in [0.2, 0.25) is 0 Å². The summed E-state index contributed by atoms with van der Waals surface area (Å²) in [6, 6.07) is 12.2. The van der Waals surface area contributed by atoms with Crippen molar-refractivity contribution < 1.29 is 10.2 Å². The van der Waals surface area contributed by atoms with E-state index in [1.54, 1.807) is 12.1 Å². The Hall–Kier alpha value is -2.04. The lowest BCUT2D eigenvalue weighted by atomic mass is 9.89. The summed E-state index contributed by atoms with van der Waals surface area (Å²) in [5, 5.41) is 27.4. The summed E-state index contributed by atoms with van der Waals surface area (Å²) in [4.78, 5) is 0. The van der Waals surface area contributed by atoms with E-state index < -0.39 is 0 Å². The van der Waals surface area contributed by atoms with E-state index >= 15 is 0 Å². The molecule has 140 valence electrons. The molecule has 0 aromatic heterocycles. The van der Waals surface area contributed by atoms with Gasteiger partial charge >= 0.3 is 0 Å². The molecule has 26 heavy (non-hydrogen) atoms. The van der Waals surface area contributed by atoms with Crippen molar-refractivity contribution in [3.05, 3.63) is 58.7 Å². The Balaban J connectivity index is 1.60. The van der Waals surface area contributed by atoms with Gasteiger partial charge in [-0.1, -0.05) is 48.2 Å². The fourth-order valence-corrected chi connectivity index (χ4v) is 3.81. The van der Waals surface area contributed by atoms with E-state index in [0.717, 1.165) is 35.1 Å². The van der Waals surface area contributed by atoms with Crippen molar-refractivity contribution in [3.63, 3.8) is 0 Å². The van der Waals surface area contributed by atoms with Crippen LogP contribution in [0.3, 0.4) is 0 Å². The number of hydrogen-bond donors (Lipinski definition) is 4. The van der Waals surface area contributed by atoms with Gasteiger partial charge in [-0.05, 0) is 38.8 Å². The Kier molecular flexibility index (Phi) is 6.17. The van der Waals surface area contributed by atoms with Crippen molar-refractivity contribution in [2.24, 2.45) is 0 Å². The number of rotatable bonds is 6. The third-order valence-corrected chi connectivity index (χ3v) is 5.35. The van der Waals surface area contributed by atoms with Gasteiger partial charge in [0.25, 0.3) is 0 Å². The number of phenols is 2. The molecule has 0 heterocycles. The molecule has 0 radical (unpaired) electrons. The minimum absolute atomic E-state index is 0.355. The molecule has 2 atom stereocenters. The first-order valence-corrected chi connectivity index (χ1v) is 9.56. The van der Waals surface area contributed by atoms with Crippen molar-refractivity contribution in [2.45, 2.75) is 64.7 Å². The Morgan fingerprint density at radius 2 is 1.19 bits per heavy atom. The Bertz CT molecular complexity index is 681. The van der Waals surface area contributed by atoms with Crippen LogP contribution in [0.25, 0.3) is 0 Å². The molecule has 3 rings (SSSR count). The van der Waals surface area contributed by atoms with Crippen LogP contribution < -0.4 is 10.6 Å². The number of benzene rings is 2. The molecule has 0 bridgehead atoms. The number of aryl methyl sites for hydroxylation is 2. The molecule has 4 nitrogen and oxygen atoms in total. The average Bonchev–Trinajstić information content (AvgIpc) is 2.64. The minimum Gasteiger partial charge on any atom is -0.508 e. The highest BCUT2D eigenvalue weighted by Crippen LogP contribution is 2.23. The first-order chi connectivity index (χ1) is 12.5. The van der Waals surface area contributed by atoms with Gasteiger partial charge in [0.05, 0.1) is 0 Å². The highest BCUT2D eigenvalue weighted by molar-refractivity contribution is 5.36. The zero-order valence-corrected chi connectivity index (χ0v) is 15.8. The lowest BCUT2D eigenvalue weighted by Gasteiger charge is -2.33. The number of aromatic hydroxyl groups is 2. The third kappa shape index (κ3) is 4.77. The van der Waals surface area contributed by atoms with E-state index in [9.17, 15) is 10.2 Å². The van der Waals surface area contributed by atoms with Crippen molar-refractivity contribution in [1.82, 2.24) is 10.6 Å². The first kappa shape index (κ1) is 18.7. The maximum absolute atomic E-state index is 10.1. The largest absolute Gasteiger partial charge is 0.508 e. The van der Waals surface area contributed by atoms with Crippen LogP contribution in [0.2, 0.25) is 0 Å². The summed E-state index contributed by atoms with van der Waals surface area (Å²) in [6.07, 6.45) is 4.71. The topological polar surface area (TPSA) is 64.5 Å². The van der Waals surface area contributed by atoms with Crippen LogP contribution >= 0.6 is 0 Å². The molecule has 1 aliphatic rings. The van der Waals surface area contributed by atoms with Crippen molar-refractivity contribution in [2.75, 3.05) is 0 Å². The quantitative estimate of drug-likeness (QED) is 0.635. The van der Waals surface area contributed by atoms with Crippen molar-refractivity contribution >= 4 is 0 Å². The van der Waals surface area contributed by atoms with Crippen LogP contribution in [0.5, 0.6) is 11.5 Å². The highest BCUT2D eigenvalue weighted by Gasteiger charge is 2.24. The Morgan fingerprint density at radius 3 is 1.62 bits per heavy atom. The standard InChI is InChI=1S/C22H30N2O2/c1-15-7-9-21(25)17(11-15)13-23-19-5-3-4-6-20(19)24-14-18-12-16(2)8-10-22(18)26/h7-12,19-20,23-26H,3-6,13-14H2,1-2H3/t19-,20?/m0/s1. The lowest BCUT2D eigenvalue weighted by Crippen LogP contribution is -2.49. The average molecular weight is 354 g/mol. The van der Waals surface area contributed by atoms with Crippen molar-refractivity contribution in [3.8, 4) is 11.5 Å². The monoisotopic (exact) mass is 354 g/mol. The third-order valence-electron chi connectivity index (χ3n) is 5.35. The molecular weight excluding hydrogens is 324 g/mol. The molecule has 0 amide bonds. The molecule has 0 saturated heterocycles. The maximum Gasteiger partial charge on any atom is 0.120 e. The van der Waals surface area contributed by atoms with Gasteiger partial charge in [0.15, 0.2) is 0 Å². The molecular formula is C22H30N2O2. The molecule has 1 fully saturated rings. The molecule has 0 spiro atoms. The molecule has 1 aliphatic carbocycles. The van der Waals surface area contributed by atoms with Crippen LogP contribution in [-0.4, -0.2) is 22.3 Å². The summed E-state index contributed by atoms with van der Waals surface area (Å²) >= 11 is 0. The molecule has 4 N–H and O–H groups in total. The molecule has 2 aromatic carbocycles. The van der Waals surface area contributed by atoms with Gasteiger partial charge in [-0.3, -0.25) is 0 Å². The maximum atomic E-state index is 10.1. The fraction of sp³-hybridized carbons (Fsp3) is 0.455. The van der Waals surface area contributed by atoms with E-state index in [1.807, 2.05) is 38.1 Å². The van der Waals surface area contributed by atoms with Gasteiger partial charge in [-0.2, -0.15) is 0 Å². The molecule has 0 aliphatic heterocycles. The van der Waals surface area contributed by atoms with Gasteiger partial charge in [-0.15, -0.1) is 0 Å². The van der Waals surface area contributed by atoms with Gasteiger partial charge in [0.1, 0.15) is 11.5 Å². The van der Waals surface area contributed by atoms with E-state index in [0.29, 0.717) is 36.7 Å². The van der Waals surface area contributed by atoms with E-state index in [1.165, 1.54) is 12.8 Å². The normalized spacial score (nSPS) is 20.2. The Morgan fingerprint density at radius 1 is 0.769 bits per heavy atom. The second-order valence-corrected chi connectivity index (χ2v) is 7.52. The van der Waals surface area contributed by atoms with Gasteiger partial charge in [0, 0.05) is 36.3 Å². The van der Waals surface area contributed by atoms with Crippen LogP contribution in [0.4, 0.5) is 0 Å². The van der Waals surface area contributed by atoms with E-state index in [2.05, 4.69) is 10.6 Å². The SMILES string of the molecule is Cc1ccc(O)c(CNC2CCCC[C@@H]2NCc2cc(C)ccc2O)c1. The summed E-state index contributed by atoms with van der Waals surface area (Å²) in [6.45, 7) is 5.43. The minimum atomic E-state index is 0.355. The second-order valence-electron chi connectivity index (χ2n) is 7.52. The predicted molar refractivity (Wildman–Crippen MR) is 105 cm³/mol. The zero-order valence-electron chi connectivity index (χ0n) is 15.8. The summed E-state index contributed by atoms with van der Waals surface area (Å²) in [5.74, 6) is 0.709. The molecule has 1 saturated carbocycles. The number of hydrogen-bond acceptors (Lipinski definition) is 4. The molecule has 1 unspecified atom stereocenters. The van der Waals surface area contributed by atoms with E-state index in [4.69, 9.17) is 0 Å². The van der Waals surface area contributed by atoms with Crippen LogP contribution in [-0.2, 0) is 13.1 Å². The summed E-state index contributed by atoms with van der Waals surface area (Å²) in [7, 11) is 0. The predicted octanol–water partition coefficient (Wildman–Crippen LogP) is 3.91. The highest BCUT2D eigenvalue weighted by atomic mass is 16.3.